The first-order chi connectivity index (χ1) is 13.9. The fourth-order valence-electron chi connectivity index (χ4n) is 3.17. The molecule has 0 fully saturated rings. The number of rotatable bonds is 4. The largest absolute Gasteiger partial charge is 0.384 e. The van der Waals surface area contributed by atoms with Gasteiger partial charge in [0.2, 0.25) is 0 Å². The zero-order valence-electron chi connectivity index (χ0n) is 15.9. The molecular weight excluding hydrogens is 409 g/mol. The number of nitrogen functional groups attached to an aromatic ring is 1. The summed E-state index contributed by atoms with van der Waals surface area (Å²) in [4.78, 5) is 22.4. The van der Waals surface area contributed by atoms with Crippen molar-refractivity contribution in [3.8, 4) is 5.69 Å². The molecule has 29 heavy (non-hydrogen) atoms. The van der Waals surface area contributed by atoms with Crippen molar-refractivity contribution in [1.29, 1.82) is 0 Å². The highest BCUT2D eigenvalue weighted by Crippen LogP contribution is 2.34. The number of hydrogen-bond acceptors (Lipinski definition) is 4. The lowest BCUT2D eigenvalue weighted by Crippen LogP contribution is -2.28. The molecule has 148 valence electrons. The van der Waals surface area contributed by atoms with E-state index in [0.29, 0.717) is 50.4 Å². The van der Waals surface area contributed by atoms with Crippen molar-refractivity contribution in [2.24, 2.45) is 5.92 Å². The summed E-state index contributed by atoms with van der Waals surface area (Å²) in [7, 11) is 0. The quantitative estimate of drug-likeness (QED) is 0.487. The van der Waals surface area contributed by atoms with Gasteiger partial charge in [-0.2, -0.15) is 0 Å². The van der Waals surface area contributed by atoms with Crippen LogP contribution in [0.2, 0.25) is 10.0 Å². The Balaban J connectivity index is 2.04. The van der Waals surface area contributed by atoms with Crippen LogP contribution >= 0.6 is 23.2 Å². The molecule has 0 atom stereocenters. The van der Waals surface area contributed by atoms with Crippen LogP contribution in [0.3, 0.4) is 0 Å². The normalized spacial score (nSPS) is 11.5. The zero-order valence-corrected chi connectivity index (χ0v) is 17.4. The Bertz CT molecular complexity index is 1250. The second-order valence-electron chi connectivity index (χ2n) is 7.18. The predicted octanol–water partition coefficient (Wildman–Crippen LogP) is 4.85. The number of carbonyl (C=O) groups excluding carboxylic acids is 1. The number of anilines is 1. The van der Waals surface area contributed by atoms with Crippen molar-refractivity contribution < 1.29 is 4.79 Å². The average molecular weight is 428 g/mol. The minimum atomic E-state index is -0.303. The Morgan fingerprint density at radius 1 is 1.14 bits per heavy atom. The van der Waals surface area contributed by atoms with Crippen molar-refractivity contribution in [3.63, 3.8) is 0 Å². The fraction of sp³-hybridized carbons (Fsp3) is 0.190. The third-order valence-corrected chi connectivity index (χ3v) is 5.10. The molecule has 6 nitrogen and oxygen atoms in total. The van der Waals surface area contributed by atoms with Crippen LogP contribution < -0.4 is 11.1 Å². The van der Waals surface area contributed by atoms with Gasteiger partial charge in [-0.3, -0.25) is 9.36 Å². The minimum Gasteiger partial charge on any atom is -0.384 e. The lowest BCUT2D eigenvalue weighted by Gasteiger charge is -2.11. The van der Waals surface area contributed by atoms with E-state index < -0.39 is 0 Å². The maximum atomic E-state index is 13.0. The summed E-state index contributed by atoms with van der Waals surface area (Å²) in [6.07, 6.45) is 0. The Hall–Kier alpha value is -2.83. The number of halogens is 2. The van der Waals surface area contributed by atoms with Crippen molar-refractivity contribution in [2.45, 2.75) is 13.8 Å². The van der Waals surface area contributed by atoms with Crippen molar-refractivity contribution in [3.05, 3.63) is 58.1 Å². The number of nitrogens with one attached hydrogen (secondary N) is 1. The molecule has 0 unspecified atom stereocenters. The van der Waals surface area contributed by atoms with Gasteiger partial charge in [0, 0.05) is 11.6 Å². The van der Waals surface area contributed by atoms with Gasteiger partial charge in [0.1, 0.15) is 16.9 Å². The highest BCUT2D eigenvalue weighted by atomic mass is 35.5. The van der Waals surface area contributed by atoms with E-state index in [-0.39, 0.29) is 17.3 Å². The molecule has 2 aromatic carbocycles. The molecule has 0 bridgehead atoms. The van der Waals surface area contributed by atoms with E-state index in [1.807, 2.05) is 38.1 Å². The van der Waals surface area contributed by atoms with E-state index >= 15 is 0 Å². The molecule has 0 aliphatic rings. The summed E-state index contributed by atoms with van der Waals surface area (Å²) < 4.78 is 1.63. The Kier molecular flexibility index (Phi) is 5.06. The molecule has 2 aromatic heterocycles. The number of nitrogens with zero attached hydrogens (tertiary/aromatic N) is 3. The first kappa shape index (κ1) is 19.5. The van der Waals surface area contributed by atoms with Crippen LogP contribution in [0.5, 0.6) is 0 Å². The number of aromatic nitrogens is 3. The summed E-state index contributed by atoms with van der Waals surface area (Å²) in [6, 6.07) is 12.5. The predicted molar refractivity (Wildman–Crippen MR) is 118 cm³/mol. The molecule has 2 heterocycles. The molecule has 1 amide bonds. The number of amides is 1. The zero-order chi connectivity index (χ0) is 20.7. The van der Waals surface area contributed by atoms with Gasteiger partial charge >= 0.3 is 0 Å². The lowest BCUT2D eigenvalue weighted by molar-refractivity contribution is 0.0951. The molecule has 0 aliphatic carbocycles. The molecule has 0 aliphatic heterocycles. The SMILES string of the molecule is CC(C)CNC(=O)c1c(N)n(-c2cc(Cl)ccc2Cl)c2nc3ccccc3nc12. The molecule has 4 rings (SSSR count). The Morgan fingerprint density at radius 2 is 1.83 bits per heavy atom. The maximum absolute atomic E-state index is 13.0. The molecule has 0 saturated heterocycles. The Morgan fingerprint density at radius 3 is 2.52 bits per heavy atom. The van der Waals surface area contributed by atoms with Gasteiger partial charge in [0.05, 0.1) is 21.7 Å². The van der Waals surface area contributed by atoms with E-state index in [1.165, 1.54) is 0 Å². The third kappa shape index (κ3) is 3.50. The van der Waals surface area contributed by atoms with Gasteiger partial charge in [-0.25, -0.2) is 9.97 Å². The molecule has 0 spiro atoms. The number of nitrogens with two attached hydrogens (primary N) is 1. The number of carbonyl (C=O) groups is 1. The molecular formula is C21H19Cl2N5O. The number of para-hydroxylation sites is 2. The smallest absolute Gasteiger partial charge is 0.257 e. The first-order valence-electron chi connectivity index (χ1n) is 9.17. The standard InChI is InChI=1S/C21H19Cl2N5O/c1-11(2)10-25-21(29)17-18-20(27-15-6-4-3-5-14(15)26-18)28(19(17)24)16-9-12(22)7-8-13(16)23/h3-9,11H,10,24H2,1-2H3,(H,25,29). The first-order valence-corrected chi connectivity index (χ1v) is 9.92. The maximum Gasteiger partial charge on any atom is 0.257 e. The minimum absolute atomic E-state index is 0.209. The van der Waals surface area contributed by atoms with E-state index in [4.69, 9.17) is 33.9 Å². The monoisotopic (exact) mass is 427 g/mol. The number of benzene rings is 2. The molecule has 8 heteroatoms. The van der Waals surface area contributed by atoms with Gasteiger partial charge < -0.3 is 11.1 Å². The van der Waals surface area contributed by atoms with E-state index in [2.05, 4.69) is 10.3 Å². The second-order valence-corrected chi connectivity index (χ2v) is 8.02. The average Bonchev–Trinajstić information content (AvgIpc) is 2.97. The van der Waals surface area contributed by atoms with Gasteiger partial charge in [0.25, 0.3) is 5.91 Å². The molecule has 0 saturated carbocycles. The van der Waals surface area contributed by atoms with Crippen molar-refractivity contribution in [2.75, 3.05) is 12.3 Å². The summed E-state index contributed by atoms with van der Waals surface area (Å²) in [5.41, 5.74) is 9.49. The summed E-state index contributed by atoms with van der Waals surface area (Å²) in [5, 5.41) is 3.83. The van der Waals surface area contributed by atoms with Crippen molar-refractivity contribution in [1.82, 2.24) is 19.9 Å². The van der Waals surface area contributed by atoms with Crippen LogP contribution in [-0.4, -0.2) is 27.0 Å². The molecule has 4 aromatic rings. The van der Waals surface area contributed by atoms with Gasteiger partial charge in [0.15, 0.2) is 5.65 Å². The Labute approximate surface area is 177 Å². The summed E-state index contributed by atoms with van der Waals surface area (Å²) in [5.74, 6) is 0.200. The number of hydrogen-bond donors (Lipinski definition) is 2. The van der Waals surface area contributed by atoms with Crippen LogP contribution in [0, 0.1) is 5.92 Å². The van der Waals surface area contributed by atoms with E-state index in [9.17, 15) is 4.79 Å². The topological polar surface area (TPSA) is 85.8 Å². The van der Waals surface area contributed by atoms with Crippen LogP contribution in [0.25, 0.3) is 27.9 Å². The lowest BCUT2D eigenvalue weighted by atomic mass is 10.2. The van der Waals surface area contributed by atoms with Crippen molar-refractivity contribution >= 4 is 57.1 Å². The summed E-state index contributed by atoms with van der Waals surface area (Å²) in [6.45, 7) is 4.56. The second kappa shape index (κ2) is 7.54. The highest BCUT2D eigenvalue weighted by molar-refractivity contribution is 6.34. The van der Waals surface area contributed by atoms with E-state index in [0.717, 1.165) is 0 Å². The molecule has 3 N–H and O–H groups in total. The van der Waals surface area contributed by atoms with E-state index in [1.54, 1.807) is 22.8 Å². The van der Waals surface area contributed by atoms with Gasteiger partial charge in [-0.15, -0.1) is 0 Å². The van der Waals surface area contributed by atoms with Gasteiger partial charge in [-0.1, -0.05) is 49.2 Å². The van der Waals surface area contributed by atoms with Gasteiger partial charge in [-0.05, 0) is 36.2 Å². The summed E-state index contributed by atoms with van der Waals surface area (Å²) >= 11 is 12.6. The molecule has 0 radical (unpaired) electrons. The number of fused-ring (bicyclic) bond motifs is 2. The van der Waals surface area contributed by atoms with Crippen LogP contribution in [0.4, 0.5) is 5.82 Å². The van der Waals surface area contributed by atoms with Crippen LogP contribution in [0.1, 0.15) is 24.2 Å². The highest BCUT2D eigenvalue weighted by Gasteiger charge is 2.25. The van der Waals surface area contributed by atoms with Crippen LogP contribution in [0.15, 0.2) is 42.5 Å². The third-order valence-electron chi connectivity index (χ3n) is 4.54. The van der Waals surface area contributed by atoms with Crippen LogP contribution in [-0.2, 0) is 0 Å². The fourth-order valence-corrected chi connectivity index (χ4v) is 3.54.